The molecule has 2 aliphatic rings. The third-order valence-corrected chi connectivity index (χ3v) is 9.31. The van der Waals surface area contributed by atoms with Crippen LogP contribution in [0.5, 0.6) is 5.75 Å². The van der Waals surface area contributed by atoms with E-state index in [0.29, 0.717) is 0 Å². The first-order valence-electron chi connectivity index (χ1n) is 16.7. The van der Waals surface area contributed by atoms with E-state index >= 15 is 0 Å². The predicted molar refractivity (Wildman–Crippen MR) is 173 cm³/mol. The van der Waals surface area contributed by atoms with Gasteiger partial charge >= 0.3 is 6.09 Å². The fourth-order valence-corrected chi connectivity index (χ4v) is 6.31. The van der Waals surface area contributed by atoms with Crippen molar-refractivity contribution in [3.8, 4) is 5.75 Å². The van der Waals surface area contributed by atoms with Crippen molar-refractivity contribution in [2.45, 2.75) is 51.1 Å². The van der Waals surface area contributed by atoms with Gasteiger partial charge in [-0.2, -0.15) is 0 Å². The molecule has 1 aromatic heterocycles. The summed E-state index contributed by atoms with van der Waals surface area (Å²) in [5.41, 5.74) is 0.355. The van der Waals surface area contributed by atoms with Gasteiger partial charge in [-0.05, 0) is 31.7 Å². The Bertz CT molecular complexity index is 1470. The molecule has 4 rings (SSSR count). The molecule has 4 amide bonds. The Hall–Kier alpha value is -4.02. The Morgan fingerprint density at radius 3 is 2.16 bits per heavy atom. The van der Waals surface area contributed by atoms with Crippen LogP contribution in [0.15, 0.2) is 12.1 Å². The quantitative estimate of drug-likeness (QED) is 0.237. The Morgan fingerprint density at radius 1 is 0.939 bits per heavy atom. The molecule has 14 nitrogen and oxygen atoms in total. The zero-order valence-corrected chi connectivity index (χ0v) is 28.3. The molecule has 0 radical (unpaired) electrons. The molecular formula is C33H47F2N5O9. The Kier molecular flexibility index (Phi) is 13.6. The van der Waals surface area contributed by atoms with Crippen molar-refractivity contribution < 1.29 is 52.4 Å². The van der Waals surface area contributed by atoms with Gasteiger partial charge in [-0.1, -0.05) is 19.3 Å². The lowest BCUT2D eigenvalue weighted by molar-refractivity contribution is -0.140. The number of ether oxygens (including phenoxy) is 3. The highest BCUT2D eigenvalue weighted by Gasteiger charge is 2.38. The summed E-state index contributed by atoms with van der Waals surface area (Å²) in [7, 11) is 2.86. The number of aliphatic hydroxyl groups is 1. The van der Waals surface area contributed by atoms with Gasteiger partial charge in [0.05, 0.1) is 38.6 Å². The number of rotatable bonds is 15. The molecule has 1 aromatic carbocycles. The second kappa shape index (κ2) is 17.6. The van der Waals surface area contributed by atoms with Crippen LogP contribution in [-0.2, 0) is 26.1 Å². The highest BCUT2D eigenvalue weighted by molar-refractivity contribution is 6.04. The van der Waals surface area contributed by atoms with Crippen molar-refractivity contribution in [3.05, 3.63) is 29.5 Å². The maximum absolute atomic E-state index is 14.3. The molecule has 0 bridgehead atoms. The smallest absolute Gasteiger partial charge is 0.407 e. The normalized spacial score (nSPS) is 16.8. The van der Waals surface area contributed by atoms with Crippen LogP contribution < -0.4 is 10.1 Å². The first kappa shape index (κ1) is 37.8. The van der Waals surface area contributed by atoms with Crippen molar-refractivity contribution in [2.24, 2.45) is 13.0 Å². The van der Waals surface area contributed by atoms with Crippen LogP contribution in [-0.4, -0.2) is 138 Å². The summed E-state index contributed by atoms with van der Waals surface area (Å²) in [6.45, 7) is 2.90. The van der Waals surface area contributed by atoms with Gasteiger partial charge < -0.3 is 44.1 Å². The van der Waals surface area contributed by atoms with Crippen LogP contribution in [0.4, 0.5) is 13.6 Å². The molecule has 1 aliphatic carbocycles. The first-order chi connectivity index (χ1) is 23.5. The van der Waals surface area contributed by atoms with Crippen molar-refractivity contribution in [1.82, 2.24) is 24.6 Å². The van der Waals surface area contributed by atoms with Gasteiger partial charge in [0.15, 0.2) is 23.1 Å². The number of nitrogens with one attached hydrogen (secondary N) is 1. The fourth-order valence-electron chi connectivity index (χ4n) is 6.31. The summed E-state index contributed by atoms with van der Waals surface area (Å²) in [4.78, 5) is 56.4. The number of nitrogens with zero attached hydrogens (tertiary/aromatic N) is 4. The fraction of sp³-hybridized carbons (Fsp3) is 0.636. The number of carbonyl (C=O) groups is 4. The lowest BCUT2D eigenvalue weighted by Crippen LogP contribution is -2.59. The van der Waals surface area contributed by atoms with Crippen LogP contribution in [0.1, 0.15) is 49.5 Å². The van der Waals surface area contributed by atoms with Gasteiger partial charge in [-0.3, -0.25) is 19.3 Å². The number of halogens is 2. The lowest BCUT2D eigenvalue weighted by Gasteiger charge is -2.39. The Morgan fingerprint density at radius 2 is 1.53 bits per heavy atom. The number of amides is 4. The number of piperazine rings is 1. The number of carbonyl (C=O) groups excluding carboxylic acids is 3. The minimum atomic E-state index is -1.26. The van der Waals surface area contributed by atoms with Gasteiger partial charge in [0.2, 0.25) is 11.8 Å². The molecule has 2 unspecified atom stereocenters. The number of benzene rings is 1. The van der Waals surface area contributed by atoms with E-state index in [1.807, 2.05) is 0 Å². The van der Waals surface area contributed by atoms with Gasteiger partial charge in [-0.15, -0.1) is 0 Å². The molecule has 1 saturated carbocycles. The van der Waals surface area contributed by atoms with Crippen LogP contribution >= 0.6 is 0 Å². The summed E-state index contributed by atoms with van der Waals surface area (Å²) in [6.07, 6.45) is 3.14. The molecule has 2 heterocycles. The van der Waals surface area contributed by atoms with E-state index in [0.717, 1.165) is 49.1 Å². The predicted octanol–water partition coefficient (Wildman–Crippen LogP) is 2.21. The van der Waals surface area contributed by atoms with Crippen molar-refractivity contribution in [3.63, 3.8) is 0 Å². The van der Waals surface area contributed by atoms with Gasteiger partial charge in [0.25, 0.3) is 5.91 Å². The average Bonchev–Trinajstić information content (AvgIpc) is 3.36. The number of aromatic nitrogens is 1. The molecule has 2 atom stereocenters. The number of likely N-dealkylation sites (N-methyl/N-ethyl adjacent to an activating group) is 1. The van der Waals surface area contributed by atoms with E-state index in [4.69, 9.17) is 19.3 Å². The van der Waals surface area contributed by atoms with E-state index in [9.17, 15) is 33.1 Å². The SMILES string of the molecule is CC(C(=O)NC(C(=O)N1CCN(C(=O)c2c(OCCOCCOCCO)c3cc(F)c(F)cc3n2C)CC1)C1CCCCC1)N(C)C(=O)O. The second-order valence-electron chi connectivity index (χ2n) is 12.4. The zero-order valence-electron chi connectivity index (χ0n) is 28.3. The molecule has 272 valence electrons. The molecule has 16 heteroatoms. The lowest BCUT2D eigenvalue weighted by atomic mass is 9.83. The van der Waals surface area contributed by atoms with E-state index in [-0.39, 0.29) is 100.0 Å². The van der Waals surface area contributed by atoms with Gasteiger partial charge in [0.1, 0.15) is 18.7 Å². The number of hydrogen-bond acceptors (Lipinski definition) is 8. The van der Waals surface area contributed by atoms with Crippen LogP contribution in [0.25, 0.3) is 10.9 Å². The number of aryl methyl sites for hydroxylation is 1. The van der Waals surface area contributed by atoms with Crippen molar-refractivity contribution >= 4 is 34.7 Å². The van der Waals surface area contributed by atoms with Crippen molar-refractivity contribution in [1.29, 1.82) is 0 Å². The minimum absolute atomic E-state index is 0.00974. The van der Waals surface area contributed by atoms with Gasteiger partial charge in [-0.25, -0.2) is 13.6 Å². The van der Waals surface area contributed by atoms with E-state index in [1.54, 1.807) is 16.8 Å². The van der Waals surface area contributed by atoms with E-state index in [1.165, 1.54) is 18.5 Å². The van der Waals surface area contributed by atoms with Crippen LogP contribution in [0, 0.1) is 17.6 Å². The maximum atomic E-state index is 14.3. The third kappa shape index (κ3) is 9.16. The monoisotopic (exact) mass is 695 g/mol. The molecule has 2 fully saturated rings. The summed E-state index contributed by atoms with van der Waals surface area (Å²) in [5, 5.41) is 21.2. The van der Waals surface area contributed by atoms with E-state index < -0.39 is 41.6 Å². The summed E-state index contributed by atoms with van der Waals surface area (Å²) in [5.74, 6) is -3.45. The summed E-state index contributed by atoms with van der Waals surface area (Å²) in [6, 6.07) is 0.175. The number of fused-ring (bicyclic) bond motifs is 1. The first-order valence-corrected chi connectivity index (χ1v) is 16.7. The molecule has 3 N–H and O–H groups in total. The highest BCUT2D eigenvalue weighted by atomic mass is 19.2. The standard InChI is InChI=1S/C33H47F2N5O9/c1-21(37(2)33(45)46)30(42)36-27(22-7-5-4-6-8-22)31(43)39-9-11-40(12-10-39)32(44)28-29(49-18-17-48-16-15-47-14-13-41)23-19-24(34)25(35)20-26(23)38(28)3/h19-22,27,41H,4-18H2,1-3H3,(H,36,42)(H,45,46). The molecule has 1 aliphatic heterocycles. The zero-order chi connectivity index (χ0) is 35.7. The minimum Gasteiger partial charge on any atom is -0.488 e. The summed E-state index contributed by atoms with van der Waals surface area (Å²) >= 11 is 0. The second-order valence-corrected chi connectivity index (χ2v) is 12.4. The van der Waals surface area contributed by atoms with E-state index in [2.05, 4.69) is 5.32 Å². The molecule has 49 heavy (non-hydrogen) atoms. The van der Waals surface area contributed by atoms with Crippen molar-refractivity contribution in [2.75, 3.05) is 72.9 Å². The summed E-state index contributed by atoms with van der Waals surface area (Å²) < 4.78 is 46.6. The highest BCUT2D eigenvalue weighted by Crippen LogP contribution is 2.35. The number of aliphatic hydroxyl groups excluding tert-OH is 1. The molecule has 1 saturated heterocycles. The van der Waals surface area contributed by atoms with Crippen LogP contribution in [0.2, 0.25) is 0 Å². The molecule has 0 spiro atoms. The Balaban J connectivity index is 1.46. The van der Waals surface area contributed by atoms with Gasteiger partial charge in [0, 0.05) is 51.7 Å². The molecular weight excluding hydrogens is 648 g/mol. The van der Waals surface area contributed by atoms with Crippen LogP contribution in [0.3, 0.4) is 0 Å². The third-order valence-electron chi connectivity index (χ3n) is 9.31. The maximum Gasteiger partial charge on any atom is 0.407 e. The largest absolute Gasteiger partial charge is 0.488 e. The topological polar surface area (TPSA) is 163 Å². The molecule has 2 aromatic rings. The Labute approximate surface area is 283 Å². The number of carboxylic acid groups (broad SMARTS) is 1. The average molecular weight is 696 g/mol. The number of hydrogen-bond donors (Lipinski definition) is 3.